The number of hydrazone groups is 1. The largest absolute Gasteiger partial charge is 0.494 e. The molecule has 0 aliphatic heterocycles. The SMILES string of the molecule is CCOc1ccc(C=NNC(=O)c2nnn(-c3nonc3N)c2CN(CC)CC)cc1. The van der Waals surface area contributed by atoms with Crippen LogP contribution in [0.2, 0.25) is 0 Å². The number of amides is 1. The predicted octanol–water partition coefficient (Wildman–Crippen LogP) is 1.24. The Morgan fingerprint density at radius 1 is 1.26 bits per heavy atom. The monoisotopic (exact) mass is 427 g/mol. The summed E-state index contributed by atoms with van der Waals surface area (Å²) in [5.74, 6) is 0.478. The highest BCUT2D eigenvalue weighted by molar-refractivity contribution is 5.94. The maximum absolute atomic E-state index is 12.8. The summed E-state index contributed by atoms with van der Waals surface area (Å²) in [5.41, 5.74) is 9.69. The number of nitrogens with zero attached hydrogens (tertiary/aromatic N) is 7. The van der Waals surface area contributed by atoms with Crippen molar-refractivity contribution in [2.75, 3.05) is 25.4 Å². The molecule has 12 heteroatoms. The van der Waals surface area contributed by atoms with Crippen molar-refractivity contribution in [1.82, 2.24) is 35.6 Å². The number of rotatable bonds is 10. The van der Waals surface area contributed by atoms with Gasteiger partial charge in [-0.1, -0.05) is 19.1 Å². The molecule has 12 nitrogen and oxygen atoms in total. The van der Waals surface area contributed by atoms with Crippen molar-refractivity contribution in [3.8, 4) is 11.6 Å². The van der Waals surface area contributed by atoms with Crippen LogP contribution < -0.4 is 15.9 Å². The molecule has 2 heterocycles. The van der Waals surface area contributed by atoms with Gasteiger partial charge in [-0.05, 0) is 60.2 Å². The maximum Gasteiger partial charge on any atom is 0.293 e. The second-order valence-corrected chi connectivity index (χ2v) is 6.43. The van der Waals surface area contributed by atoms with Crippen molar-refractivity contribution in [3.63, 3.8) is 0 Å². The molecule has 0 aliphatic rings. The van der Waals surface area contributed by atoms with Gasteiger partial charge in [-0.25, -0.2) is 10.1 Å². The Bertz CT molecular complexity index is 1020. The number of nitrogens with one attached hydrogen (secondary N) is 1. The predicted molar refractivity (Wildman–Crippen MR) is 113 cm³/mol. The van der Waals surface area contributed by atoms with Gasteiger partial charge in [0, 0.05) is 6.54 Å². The highest BCUT2D eigenvalue weighted by Crippen LogP contribution is 2.17. The third kappa shape index (κ3) is 5.22. The van der Waals surface area contributed by atoms with Crippen LogP contribution in [0.5, 0.6) is 5.75 Å². The van der Waals surface area contributed by atoms with Crippen LogP contribution in [0, 0.1) is 0 Å². The van der Waals surface area contributed by atoms with Crippen molar-refractivity contribution >= 4 is 17.9 Å². The standard InChI is InChI=1S/C19H25N9O3/c1-4-27(5-2)12-15-16(22-26-28(15)18-17(20)24-31-25-18)19(29)23-21-11-13-7-9-14(10-8-13)30-6-3/h7-11H,4-6,12H2,1-3H3,(H2,20,24)(H,23,29). The third-order valence-electron chi connectivity index (χ3n) is 4.51. The lowest BCUT2D eigenvalue weighted by Gasteiger charge is -2.18. The van der Waals surface area contributed by atoms with E-state index in [1.807, 2.05) is 45.0 Å². The molecule has 0 radical (unpaired) electrons. The van der Waals surface area contributed by atoms with E-state index in [4.69, 9.17) is 10.5 Å². The number of benzene rings is 1. The molecule has 164 valence electrons. The molecule has 1 aromatic carbocycles. The minimum atomic E-state index is -0.509. The van der Waals surface area contributed by atoms with Gasteiger partial charge in [-0.15, -0.1) is 5.10 Å². The molecule has 2 aromatic heterocycles. The van der Waals surface area contributed by atoms with Gasteiger partial charge in [0.15, 0.2) is 5.69 Å². The number of anilines is 1. The van der Waals surface area contributed by atoms with Crippen molar-refractivity contribution in [2.24, 2.45) is 5.10 Å². The second kappa shape index (κ2) is 10.3. The first-order valence-electron chi connectivity index (χ1n) is 9.88. The average molecular weight is 427 g/mol. The van der Waals surface area contributed by atoms with Crippen LogP contribution in [-0.2, 0) is 6.54 Å². The summed E-state index contributed by atoms with van der Waals surface area (Å²) in [6.07, 6.45) is 1.53. The van der Waals surface area contributed by atoms with E-state index in [-0.39, 0.29) is 17.3 Å². The summed E-state index contributed by atoms with van der Waals surface area (Å²) in [6, 6.07) is 7.33. The van der Waals surface area contributed by atoms with Crippen LogP contribution in [0.15, 0.2) is 34.0 Å². The molecule has 3 aromatic rings. The van der Waals surface area contributed by atoms with Gasteiger partial charge in [0.2, 0.25) is 11.6 Å². The summed E-state index contributed by atoms with van der Waals surface area (Å²) in [6.45, 7) is 8.49. The van der Waals surface area contributed by atoms with Gasteiger partial charge in [-0.3, -0.25) is 9.69 Å². The van der Waals surface area contributed by atoms with Crippen LogP contribution in [0.1, 0.15) is 42.5 Å². The van der Waals surface area contributed by atoms with E-state index < -0.39 is 5.91 Å². The van der Waals surface area contributed by atoms with Gasteiger partial charge >= 0.3 is 0 Å². The smallest absolute Gasteiger partial charge is 0.293 e. The third-order valence-corrected chi connectivity index (χ3v) is 4.51. The number of aromatic nitrogens is 5. The molecule has 0 saturated carbocycles. The van der Waals surface area contributed by atoms with Crippen molar-refractivity contribution in [1.29, 1.82) is 0 Å². The van der Waals surface area contributed by atoms with Crippen LogP contribution in [0.25, 0.3) is 5.82 Å². The van der Waals surface area contributed by atoms with E-state index in [1.54, 1.807) is 0 Å². The summed E-state index contributed by atoms with van der Waals surface area (Å²) in [5, 5.41) is 19.4. The first kappa shape index (κ1) is 21.9. The van der Waals surface area contributed by atoms with Crippen LogP contribution >= 0.6 is 0 Å². The highest BCUT2D eigenvalue weighted by atomic mass is 16.6. The first-order valence-corrected chi connectivity index (χ1v) is 9.88. The van der Waals surface area contributed by atoms with E-state index in [0.717, 1.165) is 24.4 Å². The Morgan fingerprint density at radius 2 is 2.00 bits per heavy atom. The molecule has 31 heavy (non-hydrogen) atoms. The topological polar surface area (TPSA) is 150 Å². The lowest BCUT2D eigenvalue weighted by molar-refractivity contribution is 0.0948. The number of carbonyl (C=O) groups is 1. The maximum atomic E-state index is 12.8. The molecule has 0 unspecified atom stereocenters. The Labute approximate surface area is 179 Å². The molecular formula is C19H25N9O3. The normalized spacial score (nSPS) is 11.4. The first-order chi connectivity index (χ1) is 15.1. The number of carbonyl (C=O) groups excluding carboxylic acids is 1. The van der Waals surface area contributed by atoms with Gasteiger partial charge in [0.1, 0.15) is 5.75 Å². The zero-order valence-electron chi connectivity index (χ0n) is 17.6. The van der Waals surface area contributed by atoms with Crippen molar-refractivity contribution in [3.05, 3.63) is 41.2 Å². The number of hydrogen-bond acceptors (Lipinski definition) is 10. The summed E-state index contributed by atoms with van der Waals surface area (Å²) >= 11 is 0. The van der Waals surface area contributed by atoms with Gasteiger partial charge in [0.25, 0.3) is 5.91 Å². The van der Waals surface area contributed by atoms with E-state index in [9.17, 15) is 4.79 Å². The Balaban J connectivity index is 1.79. The van der Waals surface area contributed by atoms with Crippen molar-refractivity contribution < 1.29 is 14.2 Å². The summed E-state index contributed by atoms with van der Waals surface area (Å²) in [4.78, 5) is 14.8. The van der Waals surface area contributed by atoms with Crippen LogP contribution in [0.3, 0.4) is 0 Å². The molecule has 1 amide bonds. The average Bonchev–Trinajstić information content (AvgIpc) is 3.38. The molecule has 0 aliphatic carbocycles. The number of ether oxygens (including phenoxy) is 1. The lowest BCUT2D eigenvalue weighted by Crippen LogP contribution is -2.27. The fourth-order valence-corrected chi connectivity index (χ4v) is 2.82. The minimum Gasteiger partial charge on any atom is -0.494 e. The van der Waals surface area contributed by atoms with Gasteiger partial charge in [-0.2, -0.15) is 9.78 Å². The Morgan fingerprint density at radius 3 is 2.61 bits per heavy atom. The fraction of sp³-hybridized carbons (Fsp3) is 0.368. The van der Waals surface area contributed by atoms with Gasteiger partial charge in [0.05, 0.1) is 18.5 Å². The lowest BCUT2D eigenvalue weighted by atomic mass is 10.2. The number of hydrogen-bond donors (Lipinski definition) is 2. The van der Waals surface area contributed by atoms with E-state index in [2.05, 4.69) is 40.7 Å². The minimum absolute atomic E-state index is 0.0474. The summed E-state index contributed by atoms with van der Waals surface area (Å²) < 4.78 is 11.4. The molecule has 0 fully saturated rings. The van der Waals surface area contributed by atoms with Crippen LogP contribution in [0.4, 0.5) is 5.82 Å². The van der Waals surface area contributed by atoms with E-state index in [0.29, 0.717) is 18.8 Å². The zero-order chi connectivity index (χ0) is 22.2. The van der Waals surface area contributed by atoms with Crippen molar-refractivity contribution in [2.45, 2.75) is 27.3 Å². The van der Waals surface area contributed by atoms with E-state index in [1.165, 1.54) is 10.9 Å². The molecule has 3 rings (SSSR count). The zero-order valence-corrected chi connectivity index (χ0v) is 17.6. The Kier molecular flexibility index (Phi) is 7.27. The fourth-order valence-electron chi connectivity index (χ4n) is 2.82. The van der Waals surface area contributed by atoms with Gasteiger partial charge < -0.3 is 10.5 Å². The number of nitrogen functional groups attached to an aromatic ring is 1. The van der Waals surface area contributed by atoms with E-state index >= 15 is 0 Å². The molecule has 0 atom stereocenters. The molecule has 3 N–H and O–H groups in total. The molecule has 0 spiro atoms. The number of nitrogens with two attached hydrogens (primary N) is 1. The second-order valence-electron chi connectivity index (χ2n) is 6.43. The van der Waals surface area contributed by atoms with Crippen LogP contribution in [-0.4, -0.2) is 62.0 Å². The quantitative estimate of drug-likeness (QED) is 0.360. The molecule has 0 saturated heterocycles. The summed E-state index contributed by atoms with van der Waals surface area (Å²) in [7, 11) is 0. The molecule has 0 bridgehead atoms. The molecular weight excluding hydrogens is 402 g/mol. The highest BCUT2D eigenvalue weighted by Gasteiger charge is 2.24. The Hall–Kier alpha value is -3.80.